The molecule has 3 nitrogen and oxygen atoms in total. The second-order valence-electron chi connectivity index (χ2n) is 3.94. The molecular formula is C14H15ClO3. The molecule has 0 aliphatic carbocycles. The molecule has 18 heavy (non-hydrogen) atoms. The molecule has 0 radical (unpaired) electrons. The van der Waals surface area contributed by atoms with Crippen LogP contribution >= 0.6 is 11.6 Å². The first-order valence-corrected chi connectivity index (χ1v) is 6.01. The van der Waals surface area contributed by atoms with Gasteiger partial charge in [0.15, 0.2) is 11.5 Å². The van der Waals surface area contributed by atoms with Crippen molar-refractivity contribution in [1.29, 1.82) is 0 Å². The summed E-state index contributed by atoms with van der Waals surface area (Å²) in [5.74, 6) is 2.09. The van der Waals surface area contributed by atoms with Crippen molar-refractivity contribution < 1.29 is 13.9 Å². The zero-order valence-corrected chi connectivity index (χ0v) is 11.3. The molecule has 1 aromatic carbocycles. The van der Waals surface area contributed by atoms with E-state index in [4.69, 9.17) is 25.5 Å². The summed E-state index contributed by atoms with van der Waals surface area (Å²) >= 11 is 6.41. The maximum Gasteiger partial charge on any atom is 0.161 e. The molecule has 0 amide bonds. The minimum Gasteiger partial charge on any atom is -0.493 e. The highest BCUT2D eigenvalue weighted by Gasteiger charge is 2.18. The molecule has 1 aromatic heterocycles. The van der Waals surface area contributed by atoms with Crippen LogP contribution in [0.1, 0.15) is 22.3 Å². The van der Waals surface area contributed by atoms with Crippen LogP contribution in [0.25, 0.3) is 0 Å². The molecule has 0 N–H and O–H groups in total. The lowest BCUT2D eigenvalue weighted by atomic mass is 10.1. The number of hydrogen-bond acceptors (Lipinski definition) is 3. The molecular weight excluding hydrogens is 252 g/mol. The predicted octanol–water partition coefficient (Wildman–Crippen LogP) is 3.93. The summed E-state index contributed by atoms with van der Waals surface area (Å²) in [6, 6.07) is 7.49. The number of furan rings is 1. The Bertz CT molecular complexity index is 534. The van der Waals surface area contributed by atoms with Gasteiger partial charge in [-0.1, -0.05) is 6.07 Å². The van der Waals surface area contributed by atoms with Gasteiger partial charge in [0.1, 0.15) is 11.1 Å². The van der Waals surface area contributed by atoms with Crippen molar-refractivity contribution in [3.63, 3.8) is 0 Å². The van der Waals surface area contributed by atoms with E-state index in [1.165, 1.54) is 0 Å². The van der Waals surface area contributed by atoms with Crippen LogP contribution in [0.5, 0.6) is 11.5 Å². The van der Waals surface area contributed by atoms with Crippen molar-refractivity contribution in [2.24, 2.45) is 0 Å². The topological polar surface area (TPSA) is 31.6 Å². The van der Waals surface area contributed by atoms with Gasteiger partial charge in [-0.25, -0.2) is 0 Å². The third kappa shape index (κ3) is 2.31. The van der Waals surface area contributed by atoms with Gasteiger partial charge in [0.05, 0.1) is 20.5 Å². The minimum absolute atomic E-state index is 0.334. The van der Waals surface area contributed by atoms with Crippen LogP contribution < -0.4 is 9.47 Å². The van der Waals surface area contributed by atoms with Gasteiger partial charge < -0.3 is 13.9 Å². The highest BCUT2D eigenvalue weighted by molar-refractivity contribution is 6.22. The molecule has 1 atom stereocenters. The fourth-order valence-corrected chi connectivity index (χ4v) is 2.17. The summed E-state index contributed by atoms with van der Waals surface area (Å²) in [5, 5.41) is -0.334. The van der Waals surface area contributed by atoms with E-state index in [1.807, 2.05) is 31.2 Å². The lowest BCUT2D eigenvalue weighted by molar-refractivity contribution is 0.354. The Morgan fingerprint density at radius 3 is 2.39 bits per heavy atom. The van der Waals surface area contributed by atoms with E-state index in [0.717, 1.165) is 16.9 Å². The second-order valence-corrected chi connectivity index (χ2v) is 4.38. The van der Waals surface area contributed by atoms with Crippen molar-refractivity contribution in [3.8, 4) is 11.5 Å². The highest BCUT2D eigenvalue weighted by Crippen LogP contribution is 2.36. The molecule has 1 heterocycles. The molecule has 2 rings (SSSR count). The van der Waals surface area contributed by atoms with E-state index in [2.05, 4.69) is 0 Å². The molecule has 0 saturated heterocycles. The van der Waals surface area contributed by atoms with E-state index in [0.29, 0.717) is 11.5 Å². The van der Waals surface area contributed by atoms with Gasteiger partial charge in [0.2, 0.25) is 0 Å². The quantitative estimate of drug-likeness (QED) is 0.786. The number of halogens is 1. The van der Waals surface area contributed by atoms with Crippen molar-refractivity contribution in [3.05, 3.63) is 47.4 Å². The first kappa shape index (κ1) is 12.8. The van der Waals surface area contributed by atoms with Crippen LogP contribution in [0.15, 0.2) is 34.9 Å². The molecule has 2 aromatic rings. The molecule has 96 valence electrons. The van der Waals surface area contributed by atoms with E-state index in [9.17, 15) is 0 Å². The number of rotatable bonds is 4. The first-order valence-electron chi connectivity index (χ1n) is 5.57. The minimum atomic E-state index is -0.334. The molecule has 0 fully saturated rings. The van der Waals surface area contributed by atoms with Crippen LogP contribution in [0.2, 0.25) is 0 Å². The Hall–Kier alpha value is -1.61. The van der Waals surface area contributed by atoms with Crippen molar-refractivity contribution in [1.82, 2.24) is 0 Å². The number of hydrogen-bond donors (Lipinski definition) is 0. The Kier molecular flexibility index (Phi) is 3.82. The fraction of sp³-hybridized carbons (Fsp3) is 0.286. The predicted molar refractivity (Wildman–Crippen MR) is 70.7 cm³/mol. The maximum absolute atomic E-state index is 6.41. The number of methoxy groups -OCH3 is 2. The lowest BCUT2D eigenvalue weighted by Gasteiger charge is -2.12. The smallest absolute Gasteiger partial charge is 0.161 e. The molecule has 0 spiro atoms. The van der Waals surface area contributed by atoms with Gasteiger partial charge in [-0.05, 0) is 36.2 Å². The lowest BCUT2D eigenvalue weighted by Crippen LogP contribution is -1.96. The van der Waals surface area contributed by atoms with E-state index < -0.39 is 0 Å². The van der Waals surface area contributed by atoms with Gasteiger partial charge in [-0.15, -0.1) is 11.6 Å². The Labute approximate surface area is 111 Å². The Morgan fingerprint density at radius 1 is 1.11 bits per heavy atom. The number of alkyl halides is 1. The number of benzene rings is 1. The molecule has 1 unspecified atom stereocenters. The monoisotopic (exact) mass is 266 g/mol. The normalized spacial score (nSPS) is 12.2. The number of aryl methyl sites for hydroxylation is 1. The van der Waals surface area contributed by atoms with Crippen LogP contribution in [-0.2, 0) is 0 Å². The Morgan fingerprint density at radius 2 is 1.83 bits per heavy atom. The highest BCUT2D eigenvalue weighted by atomic mass is 35.5. The fourth-order valence-electron chi connectivity index (χ4n) is 1.81. The third-order valence-electron chi connectivity index (χ3n) is 2.83. The Balaban J connectivity index is 2.37. The summed E-state index contributed by atoms with van der Waals surface area (Å²) in [6.45, 7) is 1.97. The van der Waals surface area contributed by atoms with E-state index in [1.54, 1.807) is 20.5 Å². The van der Waals surface area contributed by atoms with Gasteiger partial charge in [-0.3, -0.25) is 0 Å². The maximum atomic E-state index is 6.41. The molecule has 0 saturated carbocycles. The summed E-state index contributed by atoms with van der Waals surface area (Å²) in [5.41, 5.74) is 1.94. The van der Waals surface area contributed by atoms with Gasteiger partial charge in [-0.2, -0.15) is 0 Å². The van der Waals surface area contributed by atoms with Crippen LogP contribution in [0.4, 0.5) is 0 Å². The van der Waals surface area contributed by atoms with Crippen LogP contribution in [0, 0.1) is 6.92 Å². The SMILES string of the molecule is COc1ccc(C(Cl)c2occc2C)cc1OC. The zero-order valence-electron chi connectivity index (χ0n) is 10.6. The molecule has 0 aliphatic heterocycles. The van der Waals surface area contributed by atoms with Gasteiger partial charge in [0.25, 0.3) is 0 Å². The molecule has 0 aliphatic rings. The third-order valence-corrected chi connectivity index (χ3v) is 3.28. The van der Waals surface area contributed by atoms with Crippen molar-refractivity contribution >= 4 is 11.6 Å². The summed E-state index contributed by atoms with van der Waals surface area (Å²) in [4.78, 5) is 0. The second kappa shape index (κ2) is 5.36. The molecule has 0 bridgehead atoms. The first-order chi connectivity index (χ1) is 8.67. The number of ether oxygens (including phenoxy) is 2. The van der Waals surface area contributed by atoms with Crippen molar-refractivity contribution in [2.75, 3.05) is 14.2 Å². The summed E-state index contributed by atoms with van der Waals surface area (Å²) in [6.07, 6.45) is 1.64. The van der Waals surface area contributed by atoms with E-state index in [-0.39, 0.29) is 5.38 Å². The van der Waals surface area contributed by atoms with Crippen LogP contribution in [-0.4, -0.2) is 14.2 Å². The summed E-state index contributed by atoms with van der Waals surface area (Å²) in [7, 11) is 3.20. The largest absolute Gasteiger partial charge is 0.493 e. The zero-order chi connectivity index (χ0) is 13.1. The summed E-state index contributed by atoms with van der Waals surface area (Å²) < 4.78 is 15.9. The van der Waals surface area contributed by atoms with Gasteiger partial charge in [0, 0.05) is 0 Å². The molecule has 4 heteroatoms. The van der Waals surface area contributed by atoms with Gasteiger partial charge >= 0.3 is 0 Å². The van der Waals surface area contributed by atoms with Crippen LogP contribution in [0.3, 0.4) is 0 Å². The average Bonchev–Trinajstić information content (AvgIpc) is 2.83. The van der Waals surface area contributed by atoms with E-state index >= 15 is 0 Å². The standard InChI is InChI=1S/C14H15ClO3/c1-9-6-7-18-14(9)13(15)10-4-5-11(16-2)12(8-10)17-3/h4-8,13H,1-3H3. The van der Waals surface area contributed by atoms with Crippen molar-refractivity contribution in [2.45, 2.75) is 12.3 Å². The average molecular weight is 267 g/mol.